The average molecular weight is 201 g/mol. The van der Waals surface area contributed by atoms with Gasteiger partial charge in [-0.1, -0.05) is 12.8 Å². The summed E-state index contributed by atoms with van der Waals surface area (Å²) >= 11 is 0. The molecular formula is C9H15NO4. The summed E-state index contributed by atoms with van der Waals surface area (Å²) in [6.07, 6.45) is 3.61. The van der Waals surface area contributed by atoms with Crippen molar-refractivity contribution in [2.24, 2.45) is 5.92 Å². The van der Waals surface area contributed by atoms with E-state index in [1.165, 1.54) is 0 Å². The molecule has 1 rings (SSSR count). The van der Waals surface area contributed by atoms with Gasteiger partial charge in [-0.15, -0.1) is 0 Å². The van der Waals surface area contributed by atoms with Crippen molar-refractivity contribution in [3.8, 4) is 0 Å². The zero-order valence-electron chi connectivity index (χ0n) is 7.90. The number of rotatable bonds is 2. The van der Waals surface area contributed by atoms with Gasteiger partial charge in [0.1, 0.15) is 0 Å². The quantitative estimate of drug-likeness (QED) is 0.537. The predicted molar refractivity (Wildman–Crippen MR) is 48.6 cm³/mol. The minimum absolute atomic E-state index is 0.00453. The van der Waals surface area contributed by atoms with E-state index >= 15 is 0 Å². The van der Waals surface area contributed by atoms with E-state index in [9.17, 15) is 9.59 Å². The molecule has 2 atom stereocenters. The summed E-state index contributed by atoms with van der Waals surface area (Å²) < 4.78 is 0. The van der Waals surface area contributed by atoms with Crippen molar-refractivity contribution in [2.45, 2.75) is 31.7 Å². The number of aliphatic carboxylic acids is 1. The number of aliphatic hydroxyl groups is 1. The van der Waals surface area contributed by atoms with Gasteiger partial charge in [0, 0.05) is 18.6 Å². The van der Waals surface area contributed by atoms with Crippen LogP contribution in [0.4, 0.5) is 0 Å². The molecule has 1 aliphatic rings. The molecule has 5 nitrogen and oxygen atoms in total. The first kappa shape index (κ1) is 11.0. The van der Waals surface area contributed by atoms with E-state index in [-0.39, 0.29) is 18.6 Å². The zero-order valence-corrected chi connectivity index (χ0v) is 7.90. The van der Waals surface area contributed by atoms with Crippen LogP contribution in [0, 0.1) is 5.92 Å². The first-order valence-electron chi connectivity index (χ1n) is 4.79. The maximum atomic E-state index is 10.9. The van der Waals surface area contributed by atoms with Crippen LogP contribution in [0.25, 0.3) is 0 Å². The molecule has 1 saturated carbocycles. The number of carbonyl (C=O) groups is 2. The molecule has 2 unspecified atom stereocenters. The van der Waals surface area contributed by atoms with E-state index in [0.717, 1.165) is 25.7 Å². The van der Waals surface area contributed by atoms with Crippen molar-refractivity contribution < 1.29 is 19.8 Å². The van der Waals surface area contributed by atoms with Crippen molar-refractivity contribution in [1.29, 1.82) is 0 Å². The topological polar surface area (TPSA) is 86.6 Å². The monoisotopic (exact) mass is 201 g/mol. The molecule has 14 heavy (non-hydrogen) atoms. The number of carboxylic acid groups (broad SMARTS) is 1. The fourth-order valence-corrected chi connectivity index (χ4v) is 1.85. The van der Waals surface area contributed by atoms with E-state index in [4.69, 9.17) is 10.2 Å². The van der Waals surface area contributed by atoms with E-state index < -0.39 is 11.9 Å². The van der Waals surface area contributed by atoms with Crippen molar-refractivity contribution in [3.63, 3.8) is 0 Å². The number of nitrogens with one attached hydrogen (secondary N) is 1. The first-order valence-corrected chi connectivity index (χ1v) is 4.79. The van der Waals surface area contributed by atoms with Crippen LogP contribution >= 0.6 is 0 Å². The molecule has 0 saturated heterocycles. The molecule has 3 N–H and O–H groups in total. The molecule has 0 aromatic rings. The van der Waals surface area contributed by atoms with Crippen LogP contribution in [0.15, 0.2) is 0 Å². The van der Waals surface area contributed by atoms with Gasteiger partial charge >= 0.3 is 11.9 Å². The van der Waals surface area contributed by atoms with Gasteiger partial charge < -0.3 is 15.5 Å². The molecule has 0 aliphatic heterocycles. The zero-order chi connectivity index (χ0) is 10.6. The number of hydrogen-bond acceptors (Lipinski definition) is 3. The third-order valence-corrected chi connectivity index (χ3v) is 2.65. The highest BCUT2D eigenvalue weighted by Crippen LogP contribution is 2.23. The van der Waals surface area contributed by atoms with Gasteiger partial charge in [-0.05, 0) is 12.8 Å². The minimum atomic E-state index is -1.47. The second kappa shape index (κ2) is 4.95. The Balaban J connectivity index is 2.48. The lowest BCUT2D eigenvalue weighted by Crippen LogP contribution is -2.45. The van der Waals surface area contributed by atoms with Crippen LogP contribution in [-0.4, -0.2) is 34.7 Å². The molecule has 0 bridgehead atoms. The van der Waals surface area contributed by atoms with E-state index in [1.807, 2.05) is 0 Å². The fraction of sp³-hybridized carbons (Fsp3) is 0.778. The Hall–Kier alpha value is -1.10. The normalized spacial score (nSPS) is 26.9. The average Bonchev–Trinajstić information content (AvgIpc) is 2.18. The Morgan fingerprint density at radius 1 is 1.29 bits per heavy atom. The highest BCUT2D eigenvalue weighted by molar-refractivity contribution is 6.31. The maximum absolute atomic E-state index is 10.9. The second-order valence-corrected chi connectivity index (χ2v) is 3.61. The third-order valence-electron chi connectivity index (χ3n) is 2.65. The van der Waals surface area contributed by atoms with Crippen molar-refractivity contribution in [2.75, 3.05) is 6.61 Å². The lowest BCUT2D eigenvalue weighted by atomic mass is 9.85. The number of hydrogen-bond donors (Lipinski definition) is 3. The SMILES string of the molecule is O=C(O)C(=O)NC1CCCCC1CO. The van der Waals surface area contributed by atoms with Gasteiger partial charge in [-0.3, -0.25) is 4.79 Å². The largest absolute Gasteiger partial charge is 0.474 e. The molecule has 0 aromatic carbocycles. The summed E-state index contributed by atoms with van der Waals surface area (Å²) in [5.41, 5.74) is 0. The summed E-state index contributed by atoms with van der Waals surface area (Å²) in [4.78, 5) is 21.2. The summed E-state index contributed by atoms with van der Waals surface area (Å²) in [5.74, 6) is -2.44. The molecule has 5 heteroatoms. The minimum Gasteiger partial charge on any atom is -0.474 e. The number of carboxylic acids is 1. The van der Waals surface area contributed by atoms with Crippen LogP contribution in [0.3, 0.4) is 0 Å². The van der Waals surface area contributed by atoms with Gasteiger partial charge in [0.25, 0.3) is 0 Å². The van der Waals surface area contributed by atoms with Crippen molar-refractivity contribution >= 4 is 11.9 Å². The number of amides is 1. The summed E-state index contributed by atoms with van der Waals surface area (Å²) in [5, 5.41) is 19.8. The Morgan fingerprint density at radius 3 is 2.50 bits per heavy atom. The Morgan fingerprint density at radius 2 is 1.93 bits per heavy atom. The molecule has 1 fully saturated rings. The molecular weight excluding hydrogens is 186 g/mol. The molecule has 0 radical (unpaired) electrons. The molecule has 0 spiro atoms. The van der Waals surface area contributed by atoms with E-state index in [2.05, 4.69) is 5.32 Å². The smallest absolute Gasteiger partial charge is 0.394 e. The summed E-state index contributed by atoms with van der Waals surface area (Å²) in [7, 11) is 0. The Bertz CT molecular complexity index is 229. The highest BCUT2D eigenvalue weighted by Gasteiger charge is 2.27. The van der Waals surface area contributed by atoms with Crippen LogP contribution in [0.1, 0.15) is 25.7 Å². The van der Waals surface area contributed by atoms with Gasteiger partial charge in [0.05, 0.1) is 0 Å². The third kappa shape index (κ3) is 2.70. The number of aliphatic hydroxyl groups excluding tert-OH is 1. The lowest BCUT2D eigenvalue weighted by Gasteiger charge is -2.30. The van der Waals surface area contributed by atoms with E-state index in [0.29, 0.717) is 0 Å². The molecule has 1 amide bonds. The van der Waals surface area contributed by atoms with Gasteiger partial charge in [0.2, 0.25) is 0 Å². The van der Waals surface area contributed by atoms with E-state index in [1.54, 1.807) is 0 Å². The van der Waals surface area contributed by atoms with Crippen LogP contribution < -0.4 is 5.32 Å². The highest BCUT2D eigenvalue weighted by atomic mass is 16.4. The van der Waals surface area contributed by atoms with Crippen LogP contribution in [0.5, 0.6) is 0 Å². The van der Waals surface area contributed by atoms with Gasteiger partial charge in [-0.25, -0.2) is 4.79 Å². The molecule has 0 heterocycles. The molecule has 0 aromatic heterocycles. The predicted octanol–water partition coefficient (Wildman–Crippen LogP) is -0.262. The summed E-state index contributed by atoms with van der Waals surface area (Å²) in [6, 6.07) is -0.183. The van der Waals surface area contributed by atoms with Crippen LogP contribution in [0.2, 0.25) is 0 Å². The number of carbonyl (C=O) groups excluding carboxylic acids is 1. The van der Waals surface area contributed by atoms with Crippen molar-refractivity contribution in [3.05, 3.63) is 0 Å². The first-order chi connectivity index (χ1) is 6.65. The lowest BCUT2D eigenvalue weighted by molar-refractivity contribution is -0.150. The fourth-order valence-electron chi connectivity index (χ4n) is 1.85. The van der Waals surface area contributed by atoms with Gasteiger partial charge in [0.15, 0.2) is 0 Å². The standard InChI is InChI=1S/C9H15NO4/c11-5-6-3-1-2-4-7(6)10-8(12)9(13)14/h6-7,11H,1-5H2,(H,10,12)(H,13,14). The van der Waals surface area contributed by atoms with Gasteiger partial charge in [-0.2, -0.15) is 0 Å². The van der Waals surface area contributed by atoms with Crippen molar-refractivity contribution in [1.82, 2.24) is 5.32 Å². The molecule has 80 valence electrons. The van der Waals surface area contributed by atoms with Crippen LogP contribution in [-0.2, 0) is 9.59 Å². The summed E-state index contributed by atoms with van der Waals surface area (Å²) in [6.45, 7) is 0.00453. The Kier molecular flexibility index (Phi) is 3.88. The molecule has 1 aliphatic carbocycles. The Labute approximate surface area is 82.1 Å². The second-order valence-electron chi connectivity index (χ2n) is 3.61. The maximum Gasteiger partial charge on any atom is 0.394 e.